The number of anilines is 1. The Balaban J connectivity index is 1.66. The summed E-state index contributed by atoms with van der Waals surface area (Å²) in [4.78, 5) is 32.8. The molecule has 6 nitrogen and oxygen atoms in total. The summed E-state index contributed by atoms with van der Waals surface area (Å²) in [6.45, 7) is 2.74. The molecule has 4 aromatic rings. The largest absolute Gasteiger partial charge is 0.494 e. The molecule has 1 unspecified atom stereocenters. The van der Waals surface area contributed by atoms with Crippen molar-refractivity contribution in [1.29, 1.82) is 0 Å². The normalized spacial score (nSPS) is 15.2. The number of carbonyl (C=O) groups excluding carboxylic acids is 1. The van der Waals surface area contributed by atoms with Crippen LogP contribution in [0.4, 0.5) is 5.82 Å². The molecule has 33 heavy (non-hydrogen) atoms. The highest BCUT2D eigenvalue weighted by Gasteiger charge is 2.44. The summed E-state index contributed by atoms with van der Waals surface area (Å²) in [5.74, 6) is 0.727. The molecule has 2 aromatic carbocycles. The van der Waals surface area contributed by atoms with E-state index in [9.17, 15) is 9.59 Å². The third-order valence-corrected chi connectivity index (χ3v) is 5.92. The number of unbranched alkanes of at least 4 members (excludes halogenated alkanes) is 1. The Kier molecular flexibility index (Phi) is 5.60. The Labute approximate surface area is 195 Å². The lowest BCUT2D eigenvalue weighted by Crippen LogP contribution is -2.30. The molecule has 7 heteroatoms. The van der Waals surface area contributed by atoms with Crippen molar-refractivity contribution in [3.63, 3.8) is 0 Å². The van der Waals surface area contributed by atoms with Gasteiger partial charge in [-0.3, -0.25) is 14.5 Å². The van der Waals surface area contributed by atoms with E-state index in [-0.39, 0.29) is 11.2 Å². The number of amides is 1. The van der Waals surface area contributed by atoms with Gasteiger partial charge in [-0.05, 0) is 48.4 Å². The Morgan fingerprint density at radius 1 is 1.06 bits per heavy atom. The van der Waals surface area contributed by atoms with E-state index in [1.807, 2.05) is 24.3 Å². The molecule has 1 amide bonds. The zero-order valence-electron chi connectivity index (χ0n) is 18.0. The van der Waals surface area contributed by atoms with Crippen LogP contribution < -0.4 is 15.1 Å². The number of halogens is 1. The number of fused-ring (bicyclic) bond motifs is 2. The van der Waals surface area contributed by atoms with Gasteiger partial charge in [0.1, 0.15) is 17.2 Å². The quantitative estimate of drug-likeness (QED) is 0.341. The summed E-state index contributed by atoms with van der Waals surface area (Å²) in [5.41, 5.74) is 1.20. The third kappa shape index (κ3) is 3.76. The summed E-state index contributed by atoms with van der Waals surface area (Å²) < 4.78 is 11.7. The first-order valence-electron chi connectivity index (χ1n) is 10.8. The zero-order chi connectivity index (χ0) is 22.9. The molecule has 3 heterocycles. The zero-order valence-corrected chi connectivity index (χ0v) is 18.7. The number of aromatic nitrogens is 1. The molecule has 0 saturated carbocycles. The fraction of sp³-hybridized carbons (Fsp3) is 0.192. The van der Waals surface area contributed by atoms with Crippen molar-refractivity contribution >= 4 is 34.3 Å². The van der Waals surface area contributed by atoms with Crippen LogP contribution in [-0.4, -0.2) is 17.5 Å². The van der Waals surface area contributed by atoms with Crippen molar-refractivity contribution < 1.29 is 13.9 Å². The summed E-state index contributed by atoms with van der Waals surface area (Å²) >= 11 is 6.01. The lowest BCUT2D eigenvalue weighted by molar-refractivity contribution is 0.0970. The number of rotatable bonds is 6. The van der Waals surface area contributed by atoms with Gasteiger partial charge in [0, 0.05) is 6.20 Å². The maximum Gasteiger partial charge on any atom is 0.296 e. The molecular formula is C26H21ClN2O4. The molecule has 0 fully saturated rings. The smallest absolute Gasteiger partial charge is 0.296 e. The van der Waals surface area contributed by atoms with Gasteiger partial charge in [-0.25, -0.2) is 4.98 Å². The van der Waals surface area contributed by atoms with Gasteiger partial charge in [0.05, 0.1) is 28.6 Å². The first-order chi connectivity index (χ1) is 16.1. The standard InChI is InChI=1S/C26H21ClN2O4/c1-2-3-14-32-18-11-8-16(9-12-18)23-22-24(30)19-6-4-5-7-20(19)33-25(22)26(31)29(23)21-13-10-17(27)15-28-21/h4-13,15,23H,2-3,14H2,1H3. The van der Waals surface area contributed by atoms with Crippen LogP contribution >= 0.6 is 11.6 Å². The first kappa shape index (κ1) is 21.2. The van der Waals surface area contributed by atoms with Crippen LogP contribution in [0.5, 0.6) is 5.75 Å². The molecule has 0 aliphatic carbocycles. The van der Waals surface area contributed by atoms with Gasteiger partial charge in [0.25, 0.3) is 5.91 Å². The van der Waals surface area contributed by atoms with Crippen LogP contribution in [0.1, 0.15) is 47.5 Å². The highest BCUT2D eigenvalue weighted by molar-refractivity contribution is 6.30. The lowest BCUT2D eigenvalue weighted by Gasteiger charge is -2.24. The van der Waals surface area contributed by atoms with Gasteiger partial charge in [-0.15, -0.1) is 0 Å². The fourth-order valence-corrected chi connectivity index (χ4v) is 4.17. The van der Waals surface area contributed by atoms with E-state index in [4.69, 9.17) is 20.8 Å². The van der Waals surface area contributed by atoms with Crippen molar-refractivity contribution in [2.75, 3.05) is 11.5 Å². The minimum absolute atomic E-state index is 0.0312. The number of ether oxygens (including phenoxy) is 1. The summed E-state index contributed by atoms with van der Waals surface area (Å²) in [7, 11) is 0. The number of hydrogen-bond acceptors (Lipinski definition) is 5. The number of nitrogens with zero attached hydrogens (tertiary/aromatic N) is 2. The summed E-state index contributed by atoms with van der Waals surface area (Å²) in [5, 5.41) is 0.882. The van der Waals surface area contributed by atoms with Crippen molar-refractivity contribution in [2.24, 2.45) is 0 Å². The van der Waals surface area contributed by atoms with Gasteiger partial charge in [-0.2, -0.15) is 0 Å². The number of benzene rings is 2. The van der Waals surface area contributed by atoms with E-state index in [1.165, 1.54) is 11.1 Å². The number of para-hydroxylation sites is 1. The molecular weight excluding hydrogens is 440 g/mol. The van der Waals surface area contributed by atoms with E-state index < -0.39 is 11.9 Å². The average molecular weight is 461 g/mol. The molecule has 1 atom stereocenters. The molecule has 0 saturated heterocycles. The monoisotopic (exact) mass is 460 g/mol. The molecule has 0 N–H and O–H groups in total. The van der Waals surface area contributed by atoms with E-state index >= 15 is 0 Å². The molecule has 1 aliphatic rings. The Bertz CT molecular complexity index is 1380. The molecule has 2 aromatic heterocycles. The van der Waals surface area contributed by atoms with E-state index in [0.29, 0.717) is 34.0 Å². The lowest BCUT2D eigenvalue weighted by atomic mass is 9.98. The van der Waals surface area contributed by atoms with Crippen LogP contribution in [0.15, 0.2) is 76.1 Å². The fourth-order valence-electron chi connectivity index (χ4n) is 4.06. The average Bonchev–Trinajstić information content (AvgIpc) is 3.13. The van der Waals surface area contributed by atoms with Gasteiger partial charge >= 0.3 is 0 Å². The Hall–Kier alpha value is -3.64. The van der Waals surface area contributed by atoms with Crippen molar-refractivity contribution in [2.45, 2.75) is 25.8 Å². The number of hydrogen-bond donors (Lipinski definition) is 0. The van der Waals surface area contributed by atoms with Crippen molar-refractivity contribution in [3.8, 4) is 5.75 Å². The Morgan fingerprint density at radius 2 is 1.85 bits per heavy atom. The van der Waals surface area contributed by atoms with Crippen LogP contribution in [0.25, 0.3) is 11.0 Å². The van der Waals surface area contributed by atoms with Crippen molar-refractivity contribution in [1.82, 2.24) is 4.98 Å². The highest BCUT2D eigenvalue weighted by atomic mass is 35.5. The first-order valence-corrected chi connectivity index (χ1v) is 11.2. The van der Waals surface area contributed by atoms with Gasteiger partial charge in [-0.1, -0.05) is 49.2 Å². The second-order valence-electron chi connectivity index (χ2n) is 7.85. The van der Waals surface area contributed by atoms with Gasteiger partial charge in [0.2, 0.25) is 5.76 Å². The minimum Gasteiger partial charge on any atom is -0.494 e. The SMILES string of the molecule is CCCCOc1ccc(C2c3c(oc4ccccc4c3=O)C(=O)N2c2ccc(Cl)cn2)cc1. The van der Waals surface area contributed by atoms with Crippen LogP contribution in [0.3, 0.4) is 0 Å². The third-order valence-electron chi connectivity index (χ3n) is 5.70. The van der Waals surface area contributed by atoms with Crippen LogP contribution in [0, 0.1) is 0 Å². The van der Waals surface area contributed by atoms with Gasteiger partial charge < -0.3 is 9.15 Å². The highest BCUT2D eigenvalue weighted by Crippen LogP contribution is 2.41. The predicted molar refractivity (Wildman–Crippen MR) is 127 cm³/mol. The maximum atomic E-state index is 13.5. The molecule has 5 rings (SSSR count). The van der Waals surface area contributed by atoms with Crippen LogP contribution in [-0.2, 0) is 0 Å². The molecule has 0 spiro atoms. The molecule has 166 valence electrons. The summed E-state index contributed by atoms with van der Waals surface area (Å²) in [6.07, 6.45) is 3.49. The second kappa shape index (κ2) is 8.71. The summed E-state index contributed by atoms with van der Waals surface area (Å²) in [6, 6.07) is 17.0. The predicted octanol–water partition coefficient (Wildman–Crippen LogP) is 5.77. The molecule has 0 bridgehead atoms. The topological polar surface area (TPSA) is 72.6 Å². The minimum atomic E-state index is -0.688. The number of carbonyl (C=O) groups is 1. The van der Waals surface area contributed by atoms with E-state index in [1.54, 1.807) is 36.4 Å². The van der Waals surface area contributed by atoms with Crippen molar-refractivity contribution in [3.05, 3.63) is 99.0 Å². The Morgan fingerprint density at radius 3 is 2.58 bits per heavy atom. The molecule has 0 radical (unpaired) electrons. The molecule has 1 aliphatic heterocycles. The van der Waals surface area contributed by atoms with E-state index in [0.717, 1.165) is 24.2 Å². The number of pyridine rings is 1. The second-order valence-corrected chi connectivity index (χ2v) is 8.29. The van der Waals surface area contributed by atoms with Gasteiger partial charge in [0.15, 0.2) is 5.43 Å². The maximum absolute atomic E-state index is 13.5. The van der Waals surface area contributed by atoms with Crippen LogP contribution in [0.2, 0.25) is 5.02 Å². The van der Waals surface area contributed by atoms with E-state index in [2.05, 4.69) is 11.9 Å².